The highest BCUT2D eigenvalue weighted by Gasteiger charge is 2.20. The van der Waals surface area contributed by atoms with Crippen LogP contribution in [0.15, 0.2) is 121 Å². The van der Waals surface area contributed by atoms with Gasteiger partial charge in [-0.3, -0.25) is 0 Å². The normalized spacial score (nSPS) is 13.5. The van der Waals surface area contributed by atoms with Gasteiger partial charge in [0, 0.05) is 0 Å². The van der Waals surface area contributed by atoms with Crippen LogP contribution >= 0.6 is 0 Å². The molecule has 0 atom stereocenters. The lowest BCUT2D eigenvalue weighted by Crippen LogP contribution is -1.92. The highest BCUT2D eigenvalue weighted by Crippen LogP contribution is 2.50. The van der Waals surface area contributed by atoms with Gasteiger partial charge in [-0.25, -0.2) is 0 Å². The number of allylic oxidation sites excluding steroid dienone is 4. The maximum Gasteiger partial charge on any atom is -0.0581 e. The van der Waals surface area contributed by atoms with Crippen LogP contribution in [0.1, 0.15) is 22.3 Å². The fraction of sp³-hybridized carbons (Fsp3) is 0. The average molecular weight is 368 g/mol. The van der Waals surface area contributed by atoms with E-state index in [1.165, 1.54) is 33.4 Å². The largest absolute Gasteiger partial charge is 0.116 e. The SMILES string of the molecule is [C-]1C(c2ccccc2)=C(c2ccccc2)C(c2ccccc2)=C1c1ccccc1. The van der Waals surface area contributed by atoms with E-state index in [9.17, 15) is 0 Å². The molecule has 0 heterocycles. The zero-order valence-electron chi connectivity index (χ0n) is 16.0. The highest BCUT2D eigenvalue weighted by atomic mass is 14.3. The molecule has 0 amide bonds. The van der Waals surface area contributed by atoms with Gasteiger partial charge >= 0.3 is 0 Å². The number of hydrogen-bond donors (Lipinski definition) is 0. The smallest absolute Gasteiger partial charge is 0.0581 e. The molecule has 0 aromatic heterocycles. The van der Waals surface area contributed by atoms with Crippen LogP contribution in [0.25, 0.3) is 22.3 Å². The molecule has 0 heteroatoms. The molecule has 0 aliphatic heterocycles. The van der Waals surface area contributed by atoms with Gasteiger partial charge in [0.15, 0.2) is 0 Å². The Hall–Kier alpha value is -3.77. The average Bonchev–Trinajstić information content (AvgIpc) is 3.22. The Labute approximate surface area is 172 Å². The van der Waals surface area contributed by atoms with Crippen molar-refractivity contribution in [1.82, 2.24) is 0 Å². The van der Waals surface area contributed by atoms with Gasteiger partial charge in [-0.15, -0.1) is 28.7 Å². The fourth-order valence-electron chi connectivity index (χ4n) is 3.93. The zero-order chi connectivity index (χ0) is 19.5. The van der Waals surface area contributed by atoms with E-state index in [-0.39, 0.29) is 0 Å². The molecule has 0 spiro atoms. The van der Waals surface area contributed by atoms with Crippen LogP contribution in [0.3, 0.4) is 0 Å². The zero-order valence-corrected chi connectivity index (χ0v) is 16.0. The summed E-state index contributed by atoms with van der Waals surface area (Å²) in [6.07, 6.45) is 3.78. The molecule has 5 rings (SSSR count). The summed E-state index contributed by atoms with van der Waals surface area (Å²) in [6, 6.07) is 42.5. The Morgan fingerprint density at radius 1 is 0.310 bits per heavy atom. The van der Waals surface area contributed by atoms with Crippen LogP contribution in [0.4, 0.5) is 0 Å². The van der Waals surface area contributed by atoms with Crippen LogP contribution in [0.5, 0.6) is 0 Å². The van der Waals surface area contributed by atoms with Crippen molar-refractivity contribution in [2.24, 2.45) is 0 Å². The number of benzene rings is 4. The minimum atomic E-state index is 1.15. The third-order valence-corrected chi connectivity index (χ3v) is 5.25. The summed E-state index contributed by atoms with van der Waals surface area (Å²) in [4.78, 5) is 0. The van der Waals surface area contributed by atoms with Crippen LogP contribution in [0.2, 0.25) is 0 Å². The van der Waals surface area contributed by atoms with Gasteiger partial charge in [0.2, 0.25) is 0 Å². The molecule has 0 bridgehead atoms. The highest BCUT2D eigenvalue weighted by molar-refractivity contribution is 6.31. The van der Waals surface area contributed by atoms with E-state index >= 15 is 0 Å². The van der Waals surface area contributed by atoms with Gasteiger partial charge in [-0.05, 0) is 0 Å². The number of rotatable bonds is 4. The standard InChI is InChI=1S/C29H20/c1-5-13-22(14-6-1)26-21-27(23-15-7-2-8-16-23)29(25-19-11-4-12-20-25)28(26)24-17-9-3-10-18-24/h1-20H/q-1. The van der Waals surface area contributed by atoms with Crippen molar-refractivity contribution in [2.45, 2.75) is 0 Å². The predicted molar refractivity (Wildman–Crippen MR) is 123 cm³/mol. The molecule has 4 aromatic carbocycles. The molecular formula is C29H20-. The van der Waals surface area contributed by atoms with E-state index in [2.05, 4.69) is 128 Å². The van der Waals surface area contributed by atoms with E-state index in [0.717, 1.165) is 11.1 Å². The van der Waals surface area contributed by atoms with Gasteiger partial charge in [0.1, 0.15) is 0 Å². The first-order chi connectivity index (χ1) is 14.4. The summed E-state index contributed by atoms with van der Waals surface area (Å²) in [5.74, 6) is 0. The molecule has 0 N–H and O–H groups in total. The second kappa shape index (κ2) is 7.69. The second-order valence-corrected chi connectivity index (χ2v) is 7.09. The Bertz CT molecular complexity index is 1070. The lowest BCUT2D eigenvalue weighted by molar-refractivity contribution is 1.57. The van der Waals surface area contributed by atoms with Crippen molar-refractivity contribution in [3.05, 3.63) is 150 Å². The summed E-state index contributed by atoms with van der Waals surface area (Å²) in [5.41, 5.74) is 9.57. The van der Waals surface area contributed by atoms with E-state index in [0.29, 0.717) is 0 Å². The van der Waals surface area contributed by atoms with Crippen molar-refractivity contribution >= 4 is 22.3 Å². The first-order valence-electron chi connectivity index (χ1n) is 9.89. The first kappa shape index (κ1) is 17.3. The minimum Gasteiger partial charge on any atom is -0.116 e. The van der Waals surface area contributed by atoms with E-state index in [4.69, 9.17) is 0 Å². The Morgan fingerprint density at radius 2 is 0.586 bits per heavy atom. The van der Waals surface area contributed by atoms with E-state index in [1.54, 1.807) is 0 Å². The molecule has 0 saturated carbocycles. The summed E-state index contributed by atoms with van der Waals surface area (Å²) < 4.78 is 0. The number of hydrogen-bond acceptors (Lipinski definition) is 0. The molecule has 0 unspecified atom stereocenters. The van der Waals surface area contributed by atoms with E-state index in [1.807, 2.05) is 0 Å². The van der Waals surface area contributed by atoms with E-state index < -0.39 is 0 Å². The predicted octanol–water partition coefficient (Wildman–Crippen LogP) is 7.30. The van der Waals surface area contributed by atoms with Gasteiger partial charge in [0.25, 0.3) is 0 Å². The van der Waals surface area contributed by atoms with Crippen molar-refractivity contribution in [3.63, 3.8) is 0 Å². The molecular weight excluding hydrogens is 348 g/mol. The van der Waals surface area contributed by atoms with Crippen LogP contribution < -0.4 is 0 Å². The Kier molecular flexibility index (Phi) is 4.60. The summed E-state index contributed by atoms with van der Waals surface area (Å²) in [7, 11) is 0. The van der Waals surface area contributed by atoms with Gasteiger partial charge in [-0.1, -0.05) is 144 Å². The summed E-state index contributed by atoms with van der Waals surface area (Å²) in [6.45, 7) is 0. The second-order valence-electron chi connectivity index (χ2n) is 7.09. The molecule has 0 nitrogen and oxygen atoms in total. The van der Waals surface area contributed by atoms with Crippen molar-refractivity contribution in [3.8, 4) is 0 Å². The van der Waals surface area contributed by atoms with Crippen LogP contribution in [-0.4, -0.2) is 0 Å². The maximum atomic E-state index is 3.78. The topological polar surface area (TPSA) is 0 Å². The fourth-order valence-corrected chi connectivity index (χ4v) is 3.93. The van der Waals surface area contributed by atoms with Crippen LogP contribution in [-0.2, 0) is 0 Å². The maximum absolute atomic E-state index is 3.78. The third-order valence-electron chi connectivity index (χ3n) is 5.25. The third kappa shape index (κ3) is 3.30. The van der Waals surface area contributed by atoms with Gasteiger partial charge < -0.3 is 0 Å². The summed E-state index contributed by atoms with van der Waals surface area (Å²) in [5, 5.41) is 0. The molecule has 1 aliphatic carbocycles. The summed E-state index contributed by atoms with van der Waals surface area (Å²) >= 11 is 0. The van der Waals surface area contributed by atoms with Gasteiger partial charge in [-0.2, -0.15) is 0 Å². The van der Waals surface area contributed by atoms with Crippen molar-refractivity contribution in [1.29, 1.82) is 0 Å². The van der Waals surface area contributed by atoms with Gasteiger partial charge in [0.05, 0.1) is 0 Å². The Morgan fingerprint density at radius 3 is 0.897 bits per heavy atom. The molecule has 4 aromatic rings. The molecule has 0 saturated heterocycles. The lowest BCUT2D eigenvalue weighted by atomic mass is 9.89. The molecule has 0 fully saturated rings. The van der Waals surface area contributed by atoms with Crippen molar-refractivity contribution < 1.29 is 0 Å². The molecule has 137 valence electrons. The lowest BCUT2D eigenvalue weighted by Gasteiger charge is -2.20. The molecule has 29 heavy (non-hydrogen) atoms. The van der Waals surface area contributed by atoms with Crippen molar-refractivity contribution in [2.75, 3.05) is 0 Å². The minimum absolute atomic E-state index is 1.15. The quantitative estimate of drug-likeness (QED) is 0.331. The van der Waals surface area contributed by atoms with Crippen LogP contribution in [0, 0.1) is 6.42 Å². The molecule has 1 radical (unpaired) electrons. The molecule has 1 aliphatic rings. The first-order valence-corrected chi connectivity index (χ1v) is 9.89. The monoisotopic (exact) mass is 368 g/mol. The Balaban J connectivity index is 1.81.